The molecule has 0 N–H and O–H groups in total. The third-order valence-electron chi connectivity index (χ3n) is 3.71. The highest BCUT2D eigenvalue weighted by molar-refractivity contribution is 4.92. The Kier molecular flexibility index (Phi) is 5.53. The summed E-state index contributed by atoms with van der Waals surface area (Å²) >= 11 is 0. The maximum absolute atomic E-state index is 5.85. The van der Waals surface area contributed by atoms with Gasteiger partial charge in [0.2, 0.25) is 5.79 Å². The van der Waals surface area contributed by atoms with Gasteiger partial charge in [-0.05, 0) is 60.3 Å². The molecule has 1 aliphatic rings. The first kappa shape index (κ1) is 18.9. The fourth-order valence-corrected chi connectivity index (χ4v) is 2.61. The first-order valence-corrected chi connectivity index (χ1v) is 8.00. The lowest BCUT2D eigenvalue weighted by Gasteiger charge is -2.49. The largest absolute Gasteiger partial charge is 0.239 e. The summed E-state index contributed by atoms with van der Waals surface area (Å²) in [5.74, 6) is -0.232. The molecule has 21 heavy (non-hydrogen) atoms. The standard InChI is InChI=1S/C17H34O4/c1-13-10-11-17(16(8,9)12-13,20-18-14(2,3)4)21-19-15(5,6)7/h13H,10-12H2,1-9H3. The van der Waals surface area contributed by atoms with Crippen LogP contribution in [0, 0.1) is 11.3 Å². The second-order valence-electron chi connectivity index (χ2n) is 9.04. The van der Waals surface area contributed by atoms with Crippen LogP contribution >= 0.6 is 0 Å². The minimum atomic E-state index is -0.875. The van der Waals surface area contributed by atoms with Crippen molar-refractivity contribution in [1.82, 2.24) is 0 Å². The second kappa shape index (κ2) is 6.15. The molecule has 1 rings (SSSR count). The molecule has 1 aliphatic carbocycles. The molecule has 0 saturated heterocycles. The van der Waals surface area contributed by atoms with E-state index < -0.39 is 17.0 Å². The zero-order chi connectivity index (χ0) is 16.5. The van der Waals surface area contributed by atoms with Crippen LogP contribution in [-0.4, -0.2) is 17.0 Å². The Morgan fingerprint density at radius 3 is 1.62 bits per heavy atom. The van der Waals surface area contributed by atoms with Crippen LogP contribution in [0.15, 0.2) is 0 Å². The maximum Gasteiger partial charge on any atom is 0.239 e. The number of hydrogen-bond acceptors (Lipinski definition) is 4. The maximum atomic E-state index is 5.85. The molecule has 4 heteroatoms. The Morgan fingerprint density at radius 1 is 0.857 bits per heavy atom. The molecule has 0 bridgehead atoms. The molecule has 126 valence electrons. The summed E-state index contributed by atoms with van der Waals surface area (Å²) in [5, 5.41) is 0. The van der Waals surface area contributed by atoms with Crippen LogP contribution < -0.4 is 0 Å². The van der Waals surface area contributed by atoms with Crippen LogP contribution in [0.4, 0.5) is 0 Å². The van der Waals surface area contributed by atoms with Gasteiger partial charge in [0.15, 0.2) is 0 Å². The number of hydrogen-bond donors (Lipinski definition) is 0. The molecule has 0 aromatic heterocycles. The summed E-state index contributed by atoms with van der Waals surface area (Å²) < 4.78 is 0. The lowest BCUT2D eigenvalue weighted by molar-refractivity contribution is -0.566. The van der Waals surface area contributed by atoms with Crippen LogP contribution in [0.2, 0.25) is 0 Å². The smallest absolute Gasteiger partial charge is 0.228 e. The molecule has 1 fully saturated rings. The molecule has 0 aromatic carbocycles. The van der Waals surface area contributed by atoms with Crippen LogP contribution in [0.1, 0.15) is 81.6 Å². The number of rotatable bonds is 4. The third kappa shape index (κ3) is 5.51. The molecular weight excluding hydrogens is 268 g/mol. The molecule has 0 amide bonds. The average molecular weight is 302 g/mol. The van der Waals surface area contributed by atoms with E-state index in [0.717, 1.165) is 19.3 Å². The predicted octanol–water partition coefficient (Wildman–Crippen LogP) is 5.02. The average Bonchev–Trinajstić information content (AvgIpc) is 2.23. The van der Waals surface area contributed by atoms with Crippen LogP contribution in [0.25, 0.3) is 0 Å². The summed E-state index contributed by atoms with van der Waals surface area (Å²) in [5.41, 5.74) is -0.977. The summed E-state index contributed by atoms with van der Waals surface area (Å²) in [6, 6.07) is 0. The molecule has 0 radical (unpaired) electrons. The van der Waals surface area contributed by atoms with Crippen molar-refractivity contribution in [2.45, 2.75) is 98.6 Å². The van der Waals surface area contributed by atoms with Crippen LogP contribution in [0.3, 0.4) is 0 Å². The van der Waals surface area contributed by atoms with Crippen molar-refractivity contribution in [3.63, 3.8) is 0 Å². The van der Waals surface area contributed by atoms with Gasteiger partial charge in [-0.1, -0.05) is 20.8 Å². The van der Waals surface area contributed by atoms with Gasteiger partial charge in [-0.2, -0.15) is 9.78 Å². The van der Waals surface area contributed by atoms with Crippen LogP contribution in [0.5, 0.6) is 0 Å². The highest BCUT2D eigenvalue weighted by atomic mass is 17.3. The third-order valence-corrected chi connectivity index (χ3v) is 3.71. The second-order valence-corrected chi connectivity index (χ2v) is 9.04. The van der Waals surface area contributed by atoms with E-state index in [2.05, 4.69) is 20.8 Å². The van der Waals surface area contributed by atoms with Crippen molar-refractivity contribution < 1.29 is 19.6 Å². The highest BCUT2D eigenvalue weighted by Gasteiger charge is 2.54. The van der Waals surface area contributed by atoms with E-state index in [0.29, 0.717) is 5.92 Å². The molecule has 0 spiro atoms. The van der Waals surface area contributed by atoms with E-state index in [1.807, 2.05) is 41.5 Å². The van der Waals surface area contributed by atoms with E-state index in [9.17, 15) is 0 Å². The SMILES string of the molecule is CC1CCC(OOC(C)(C)C)(OOC(C)(C)C)C(C)(C)C1. The van der Waals surface area contributed by atoms with Crippen LogP contribution in [-0.2, 0) is 19.6 Å². The molecule has 1 atom stereocenters. The Hall–Kier alpha value is -0.160. The summed E-state index contributed by atoms with van der Waals surface area (Å²) in [6.45, 7) is 18.3. The Labute approximate surface area is 130 Å². The van der Waals surface area contributed by atoms with Crippen molar-refractivity contribution in [3.05, 3.63) is 0 Å². The topological polar surface area (TPSA) is 36.9 Å². The zero-order valence-corrected chi connectivity index (χ0v) is 15.3. The van der Waals surface area contributed by atoms with E-state index in [1.165, 1.54) is 0 Å². The molecule has 0 aliphatic heterocycles. The molecular formula is C17H34O4. The zero-order valence-electron chi connectivity index (χ0n) is 15.3. The molecule has 0 heterocycles. The van der Waals surface area contributed by atoms with Gasteiger partial charge in [0.25, 0.3) is 0 Å². The van der Waals surface area contributed by atoms with E-state index in [4.69, 9.17) is 19.6 Å². The van der Waals surface area contributed by atoms with Gasteiger partial charge >= 0.3 is 0 Å². The Bertz CT molecular complexity index is 318. The van der Waals surface area contributed by atoms with Gasteiger partial charge in [-0.3, -0.25) is 0 Å². The van der Waals surface area contributed by atoms with Crippen molar-refractivity contribution in [2.75, 3.05) is 0 Å². The lowest BCUT2D eigenvalue weighted by atomic mass is 9.68. The summed E-state index contributed by atoms with van der Waals surface area (Å²) in [4.78, 5) is 22.9. The molecule has 1 saturated carbocycles. The van der Waals surface area contributed by atoms with Crippen molar-refractivity contribution >= 4 is 0 Å². The normalized spacial score (nSPS) is 25.9. The quantitative estimate of drug-likeness (QED) is 0.415. The minimum absolute atomic E-state index is 0.193. The fraction of sp³-hybridized carbons (Fsp3) is 1.00. The van der Waals surface area contributed by atoms with Gasteiger partial charge in [0.05, 0.1) is 11.2 Å². The predicted molar refractivity (Wildman–Crippen MR) is 83.4 cm³/mol. The monoisotopic (exact) mass is 302 g/mol. The fourth-order valence-electron chi connectivity index (χ4n) is 2.61. The summed E-state index contributed by atoms with van der Waals surface area (Å²) in [7, 11) is 0. The van der Waals surface area contributed by atoms with Gasteiger partial charge in [-0.25, -0.2) is 9.78 Å². The van der Waals surface area contributed by atoms with E-state index in [-0.39, 0.29) is 5.41 Å². The first-order chi connectivity index (χ1) is 9.27. The molecule has 1 unspecified atom stereocenters. The van der Waals surface area contributed by atoms with E-state index in [1.54, 1.807) is 0 Å². The van der Waals surface area contributed by atoms with Crippen molar-refractivity contribution in [2.24, 2.45) is 11.3 Å². The summed E-state index contributed by atoms with van der Waals surface area (Å²) in [6.07, 6.45) is 2.80. The Morgan fingerprint density at radius 2 is 1.29 bits per heavy atom. The van der Waals surface area contributed by atoms with Gasteiger partial charge in [0, 0.05) is 11.8 Å². The van der Waals surface area contributed by atoms with Gasteiger partial charge in [0.1, 0.15) is 0 Å². The lowest BCUT2D eigenvalue weighted by Crippen LogP contribution is -2.54. The minimum Gasteiger partial charge on any atom is -0.228 e. The van der Waals surface area contributed by atoms with Crippen molar-refractivity contribution in [1.29, 1.82) is 0 Å². The van der Waals surface area contributed by atoms with Gasteiger partial charge < -0.3 is 0 Å². The molecule has 4 nitrogen and oxygen atoms in total. The highest BCUT2D eigenvalue weighted by Crippen LogP contribution is 2.50. The van der Waals surface area contributed by atoms with Crippen molar-refractivity contribution in [3.8, 4) is 0 Å². The Balaban J connectivity index is 2.93. The molecule has 0 aromatic rings. The first-order valence-electron chi connectivity index (χ1n) is 8.00. The van der Waals surface area contributed by atoms with Gasteiger partial charge in [-0.15, -0.1) is 0 Å². The van der Waals surface area contributed by atoms with E-state index >= 15 is 0 Å².